The van der Waals surface area contributed by atoms with E-state index in [0.29, 0.717) is 18.4 Å². The minimum absolute atomic E-state index is 0.288. The third-order valence-corrected chi connectivity index (χ3v) is 2.89. The predicted octanol–water partition coefficient (Wildman–Crippen LogP) is 0.805. The normalized spacial score (nSPS) is 28.5. The van der Waals surface area contributed by atoms with Crippen molar-refractivity contribution in [2.75, 3.05) is 27.2 Å². The quantitative estimate of drug-likeness (QED) is 0.634. The highest BCUT2D eigenvalue weighted by Gasteiger charge is 2.32. The molecule has 2 atom stereocenters. The minimum Gasteiger partial charge on any atom is -0.341 e. The molecular formula is C10H20N2O. The number of nitrogens with zero attached hydrogens (tertiary/aromatic N) is 2. The molecule has 3 nitrogen and oxygen atoms in total. The largest absolute Gasteiger partial charge is 0.341 e. The summed E-state index contributed by atoms with van der Waals surface area (Å²) in [4.78, 5) is 15.6. The van der Waals surface area contributed by atoms with Gasteiger partial charge < -0.3 is 9.80 Å². The molecule has 1 fully saturated rings. The molecule has 0 aromatic heterocycles. The molecule has 1 heterocycles. The lowest BCUT2D eigenvalue weighted by atomic mass is 10.1. The summed E-state index contributed by atoms with van der Waals surface area (Å²) in [5.41, 5.74) is 0. The van der Waals surface area contributed by atoms with Crippen molar-refractivity contribution in [3.63, 3.8) is 0 Å². The second kappa shape index (κ2) is 4.09. The molecule has 1 aliphatic heterocycles. The first-order chi connectivity index (χ1) is 6.06. The zero-order valence-electron chi connectivity index (χ0n) is 9.08. The average Bonchev–Trinajstić information content (AvgIpc) is 2.46. The summed E-state index contributed by atoms with van der Waals surface area (Å²) in [7, 11) is 4.17. The summed E-state index contributed by atoms with van der Waals surface area (Å²) < 4.78 is 0. The van der Waals surface area contributed by atoms with Crippen LogP contribution in [0.15, 0.2) is 0 Å². The Morgan fingerprint density at radius 2 is 2.08 bits per heavy atom. The van der Waals surface area contributed by atoms with Crippen molar-refractivity contribution in [1.82, 2.24) is 9.80 Å². The fraction of sp³-hybridized carbons (Fsp3) is 0.900. The number of likely N-dealkylation sites (tertiary alicyclic amines) is 1. The molecule has 0 N–H and O–H groups in total. The molecule has 1 rings (SSSR count). The lowest BCUT2D eigenvalue weighted by Gasteiger charge is -2.22. The number of hydrogen-bond donors (Lipinski definition) is 0. The molecule has 1 amide bonds. The first-order valence-electron chi connectivity index (χ1n) is 5.00. The summed E-state index contributed by atoms with van der Waals surface area (Å²) in [5.74, 6) is 0.890. The Labute approximate surface area is 80.7 Å². The first kappa shape index (κ1) is 10.5. The fourth-order valence-electron chi connectivity index (χ4n) is 2.05. The molecule has 0 bridgehead atoms. The second-order valence-electron chi connectivity index (χ2n) is 4.16. The molecule has 13 heavy (non-hydrogen) atoms. The molecule has 0 aromatic rings. The monoisotopic (exact) mass is 184 g/mol. The fourth-order valence-corrected chi connectivity index (χ4v) is 2.05. The van der Waals surface area contributed by atoms with Gasteiger partial charge >= 0.3 is 0 Å². The van der Waals surface area contributed by atoms with Gasteiger partial charge in [-0.3, -0.25) is 4.79 Å². The third kappa shape index (κ3) is 2.21. The predicted molar refractivity (Wildman–Crippen MR) is 53.5 cm³/mol. The van der Waals surface area contributed by atoms with E-state index in [4.69, 9.17) is 0 Å². The molecule has 0 spiro atoms. The van der Waals surface area contributed by atoms with Gasteiger partial charge in [-0.15, -0.1) is 0 Å². The minimum atomic E-state index is 0.288. The van der Waals surface area contributed by atoms with Gasteiger partial charge in [-0.25, -0.2) is 0 Å². The standard InChI is InChI=1S/C10H20N2O/c1-5-10(13)12-6-8(2)9(7-12)11(3)4/h8-9H,5-7H2,1-4H3. The molecule has 0 aromatic carbocycles. The SMILES string of the molecule is CCC(=O)N1CC(C)C(N(C)C)C1. The molecule has 76 valence electrons. The Morgan fingerprint density at radius 1 is 1.46 bits per heavy atom. The Kier molecular flexibility index (Phi) is 3.31. The summed E-state index contributed by atoms with van der Waals surface area (Å²) in [6.45, 7) is 5.97. The van der Waals surface area contributed by atoms with Crippen LogP contribution in [0.1, 0.15) is 20.3 Å². The van der Waals surface area contributed by atoms with E-state index in [1.54, 1.807) is 0 Å². The van der Waals surface area contributed by atoms with E-state index in [0.717, 1.165) is 13.1 Å². The Bertz CT molecular complexity index is 191. The number of hydrogen-bond acceptors (Lipinski definition) is 2. The van der Waals surface area contributed by atoms with Gasteiger partial charge in [0, 0.05) is 25.6 Å². The summed E-state index contributed by atoms with van der Waals surface area (Å²) in [5, 5.41) is 0. The lowest BCUT2D eigenvalue weighted by Crippen LogP contribution is -2.35. The highest BCUT2D eigenvalue weighted by molar-refractivity contribution is 5.76. The topological polar surface area (TPSA) is 23.6 Å². The van der Waals surface area contributed by atoms with E-state index >= 15 is 0 Å². The van der Waals surface area contributed by atoms with Crippen molar-refractivity contribution in [2.45, 2.75) is 26.3 Å². The van der Waals surface area contributed by atoms with Crippen molar-refractivity contribution in [2.24, 2.45) is 5.92 Å². The number of amides is 1. The van der Waals surface area contributed by atoms with E-state index in [1.165, 1.54) is 0 Å². The molecule has 0 radical (unpaired) electrons. The molecule has 2 unspecified atom stereocenters. The molecule has 1 aliphatic rings. The van der Waals surface area contributed by atoms with Crippen LogP contribution in [0.25, 0.3) is 0 Å². The number of carbonyl (C=O) groups excluding carboxylic acids is 1. The van der Waals surface area contributed by atoms with Gasteiger partial charge in [0.05, 0.1) is 0 Å². The van der Waals surface area contributed by atoms with Gasteiger partial charge in [-0.05, 0) is 20.0 Å². The summed E-state index contributed by atoms with van der Waals surface area (Å²) >= 11 is 0. The van der Waals surface area contributed by atoms with Crippen LogP contribution in [0.3, 0.4) is 0 Å². The first-order valence-corrected chi connectivity index (χ1v) is 5.00. The van der Waals surface area contributed by atoms with Crippen LogP contribution in [0.5, 0.6) is 0 Å². The maximum absolute atomic E-state index is 11.4. The van der Waals surface area contributed by atoms with Gasteiger partial charge in [0.1, 0.15) is 0 Å². The zero-order chi connectivity index (χ0) is 10.0. The van der Waals surface area contributed by atoms with Crippen LogP contribution in [0, 0.1) is 5.92 Å². The number of likely N-dealkylation sites (N-methyl/N-ethyl adjacent to an activating group) is 1. The number of carbonyl (C=O) groups is 1. The maximum Gasteiger partial charge on any atom is 0.222 e. The Morgan fingerprint density at radius 3 is 2.46 bits per heavy atom. The van der Waals surface area contributed by atoms with Crippen LogP contribution in [-0.4, -0.2) is 48.9 Å². The van der Waals surface area contributed by atoms with Crippen molar-refractivity contribution >= 4 is 5.91 Å². The van der Waals surface area contributed by atoms with Gasteiger partial charge in [0.25, 0.3) is 0 Å². The highest BCUT2D eigenvalue weighted by Crippen LogP contribution is 2.20. The molecule has 0 aliphatic carbocycles. The van der Waals surface area contributed by atoms with Gasteiger partial charge in [-0.1, -0.05) is 13.8 Å². The summed E-state index contributed by atoms with van der Waals surface area (Å²) in [6, 6.07) is 0.537. The van der Waals surface area contributed by atoms with Crippen LogP contribution in [0.4, 0.5) is 0 Å². The van der Waals surface area contributed by atoms with E-state index in [2.05, 4.69) is 25.9 Å². The Hall–Kier alpha value is -0.570. The second-order valence-corrected chi connectivity index (χ2v) is 4.16. The third-order valence-electron chi connectivity index (χ3n) is 2.89. The van der Waals surface area contributed by atoms with Gasteiger partial charge in [0.2, 0.25) is 5.91 Å². The average molecular weight is 184 g/mol. The molecule has 0 saturated carbocycles. The van der Waals surface area contributed by atoms with Gasteiger partial charge in [-0.2, -0.15) is 0 Å². The van der Waals surface area contributed by atoms with Crippen LogP contribution in [-0.2, 0) is 4.79 Å². The highest BCUT2D eigenvalue weighted by atomic mass is 16.2. The number of rotatable bonds is 2. The van der Waals surface area contributed by atoms with Crippen molar-refractivity contribution in [1.29, 1.82) is 0 Å². The smallest absolute Gasteiger partial charge is 0.222 e. The van der Waals surface area contributed by atoms with E-state index < -0.39 is 0 Å². The van der Waals surface area contributed by atoms with E-state index in [-0.39, 0.29) is 5.91 Å². The molecular weight excluding hydrogens is 164 g/mol. The van der Waals surface area contributed by atoms with Crippen LogP contribution >= 0.6 is 0 Å². The Balaban J connectivity index is 2.54. The van der Waals surface area contributed by atoms with Crippen LogP contribution < -0.4 is 0 Å². The van der Waals surface area contributed by atoms with Crippen molar-refractivity contribution in [3.8, 4) is 0 Å². The van der Waals surface area contributed by atoms with Crippen molar-refractivity contribution in [3.05, 3.63) is 0 Å². The van der Waals surface area contributed by atoms with Crippen molar-refractivity contribution < 1.29 is 4.79 Å². The lowest BCUT2D eigenvalue weighted by molar-refractivity contribution is -0.130. The maximum atomic E-state index is 11.4. The van der Waals surface area contributed by atoms with Crippen LogP contribution in [0.2, 0.25) is 0 Å². The summed E-state index contributed by atoms with van der Waals surface area (Å²) in [6.07, 6.45) is 0.632. The molecule has 3 heteroatoms. The zero-order valence-corrected chi connectivity index (χ0v) is 9.08. The van der Waals surface area contributed by atoms with E-state index in [1.807, 2.05) is 11.8 Å². The van der Waals surface area contributed by atoms with E-state index in [9.17, 15) is 4.79 Å². The van der Waals surface area contributed by atoms with Gasteiger partial charge in [0.15, 0.2) is 0 Å². The molecule has 1 saturated heterocycles.